The van der Waals surface area contributed by atoms with E-state index in [0.717, 1.165) is 42.4 Å². The second-order valence-corrected chi connectivity index (χ2v) is 10.7. The normalized spacial score (nSPS) is 11.0. The summed E-state index contributed by atoms with van der Waals surface area (Å²) in [6.07, 6.45) is 12.2. The van der Waals surface area contributed by atoms with Gasteiger partial charge in [0.15, 0.2) is 5.16 Å². The number of rotatable bonds is 15. The summed E-state index contributed by atoms with van der Waals surface area (Å²) >= 11 is 1.35. The number of carboxylic acid groups (broad SMARTS) is 1. The minimum absolute atomic E-state index is 0.0900. The molecule has 0 fully saturated rings. The molecule has 0 unspecified atom stereocenters. The molecule has 41 heavy (non-hydrogen) atoms. The van der Waals surface area contributed by atoms with E-state index in [1.807, 2.05) is 10.6 Å². The number of aromatic nitrogens is 4. The van der Waals surface area contributed by atoms with Crippen molar-refractivity contribution >= 4 is 17.7 Å². The number of carbonyl (C=O) groups is 1. The lowest BCUT2D eigenvalue weighted by Crippen LogP contribution is -2.20. The standard InChI is InChI=1S/C31H33FN4O4S/c1-2-3-4-5-6-13-40-28-12-9-23(15-27(28)30(38)39)18-36-19-25(14-24-16-33-21-34-17-24)29(37)35-31(36)41-20-22-7-10-26(32)11-8-22/h7-12,15-17,19,21H,2-6,13-14,18,20H2,1H3,(H,38,39). The Kier molecular flexibility index (Phi) is 11.0. The molecule has 2 aromatic heterocycles. The summed E-state index contributed by atoms with van der Waals surface area (Å²) in [4.78, 5) is 37.4. The summed E-state index contributed by atoms with van der Waals surface area (Å²) in [5.74, 6) is -0.572. The van der Waals surface area contributed by atoms with Crippen LogP contribution in [0.5, 0.6) is 5.75 Å². The molecular weight excluding hydrogens is 543 g/mol. The first-order valence-electron chi connectivity index (χ1n) is 13.6. The van der Waals surface area contributed by atoms with E-state index in [2.05, 4.69) is 21.9 Å². The van der Waals surface area contributed by atoms with Gasteiger partial charge in [-0.2, -0.15) is 4.98 Å². The van der Waals surface area contributed by atoms with Crippen LogP contribution in [0.25, 0.3) is 0 Å². The number of hydrogen-bond acceptors (Lipinski definition) is 7. The fourth-order valence-corrected chi connectivity index (χ4v) is 5.21. The first kappa shape index (κ1) is 29.9. The highest BCUT2D eigenvalue weighted by molar-refractivity contribution is 7.98. The molecule has 0 atom stereocenters. The molecule has 0 saturated heterocycles. The monoisotopic (exact) mass is 576 g/mol. The minimum Gasteiger partial charge on any atom is -0.493 e. The third-order valence-electron chi connectivity index (χ3n) is 6.45. The highest BCUT2D eigenvalue weighted by Crippen LogP contribution is 2.25. The van der Waals surface area contributed by atoms with Crippen LogP contribution in [0.2, 0.25) is 0 Å². The van der Waals surface area contributed by atoms with E-state index in [1.54, 1.807) is 42.9 Å². The van der Waals surface area contributed by atoms with Gasteiger partial charge < -0.3 is 14.4 Å². The van der Waals surface area contributed by atoms with Crippen LogP contribution < -0.4 is 10.3 Å². The van der Waals surface area contributed by atoms with E-state index in [4.69, 9.17) is 4.74 Å². The number of unbranched alkanes of at least 4 members (excludes halogenated alkanes) is 4. The summed E-state index contributed by atoms with van der Waals surface area (Å²) in [6.45, 7) is 2.91. The van der Waals surface area contributed by atoms with E-state index in [9.17, 15) is 19.1 Å². The van der Waals surface area contributed by atoms with Crippen LogP contribution in [-0.2, 0) is 18.7 Å². The fourth-order valence-electron chi connectivity index (χ4n) is 4.29. The van der Waals surface area contributed by atoms with Crippen LogP contribution in [0.15, 0.2) is 77.3 Å². The van der Waals surface area contributed by atoms with Gasteiger partial charge in [-0.1, -0.05) is 62.6 Å². The number of nitrogens with zero attached hydrogens (tertiary/aromatic N) is 4. The summed E-state index contributed by atoms with van der Waals surface area (Å²) in [5.41, 5.74) is 2.57. The average Bonchev–Trinajstić information content (AvgIpc) is 2.97. The summed E-state index contributed by atoms with van der Waals surface area (Å²) < 4.78 is 21.0. The number of thioether (sulfide) groups is 1. The molecule has 2 aromatic carbocycles. The lowest BCUT2D eigenvalue weighted by molar-refractivity contribution is 0.0692. The minimum atomic E-state index is -1.07. The van der Waals surface area contributed by atoms with Crippen LogP contribution in [-0.4, -0.2) is 37.2 Å². The van der Waals surface area contributed by atoms with Crippen molar-refractivity contribution in [2.24, 2.45) is 0 Å². The lowest BCUT2D eigenvalue weighted by atomic mass is 10.1. The first-order chi connectivity index (χ1) is 19.9. The molecule has 0 spiro atoms. The number of halogens is 1. The number of benzene rings is 2. The van der Waals surface area contributed by atoms with Gasteiger partial charge in [0.05, 0.1) is 6.61 Å². The van der Waals surface area contributed by atoms with E-state index in [1.165, 1.54) is 36.6 Å². The van der Waals surface area contributed by atoms with Gasteiger partial charge in [-0.25, -0.2) is 19.2 Å². The molecule has 0 aliphatic heterocycles. The molecule has 2 heterocycles. The highest BCUT2D eigenvalue weighted by Gasteiger charge is 2.15. The van der Waals surface area contributed by atoms with Crippen LogP contribution in [0.3, 0.4) is 0 Å². The van der Waals surface area contributed by atoms with E-state index < -0.39 is 5.97 Å². The Morgan fingerprint density at radius 1 is 1.00 bits per heavy atom. The topological polar surface area (TPSA) is 107 Å². The second-order valence-electron chi connectivity index (χ2n) is 9.72. The zero-order chi connectivity index (χ0) is 29.0. The molecule has 0 amide bonds. The van der Waals surface area contributed by atoms with Crippen molar-refractivity contribution in [2.45, 2.75) is 62.9 Å². The van der Waals surface area contributed by atoms with Crippen LogP contribution in [0, 0.1) is 5.82 Å². The molecule has 214 valence electrons. The Morgan fingerprint density at radius 3 is 2.46 bits per heavy atom. The number of aromatic carboxylic acids is 1. The van der Waals surface area contributed by atoms with E-state index in [0.29, 0.717) is 35.2 Å². The van der Waals surface area contributed by atoms with Gasteiger partial charge in [0.1, 0.15) is 23.5 Å². The Hall–Kier alpha value is -4.05. The third kappa shape index (κ3) is 8.97. The predicted molar refractivity (Wildman–Crippen MR) is 156 cm³/mol. The second kappa shape index (κ2) is 15.1. The molecule has 10 heteroatoms. The summed E-state index contributed by atoms with van der Waals surface area (Å²) in [5, 5.41) is 10.3. The molecule has 0 saturated carbocycles. The van der Waals surface area contributed by atoms with Gasteiger partial charge in [0.25, 0.3) is 5.56 Å². The Bertz CT molecular complexity index is 1500. The van der Waals surface area contributed by atoms with Crippen molar-refractivity contribution in [3.8, 4) is 5.75 Å². The smallest absolute Gasteiger partial charge is 0.339 e. The van der Waals surface area contributed by atoms with Crippen molar-refractivity contribution in [3.05, 3.63) is 111 Å². The van der Waals surface area contributed by atoms with E-state index in [-0.39, 0.29) is 23.5 Å². The van der Waals surface area contributed by atoms with Crippen molar-refractivity contribution in [1.82, 2.24) is 19.5 Å². The van der Waals surface area contributed by atoms with Crippen molar-refractivity contribution in [2.75, 3.05) is 6.61 Å². The van der Waals surface area contributed by atoms with Crippen molar-refractivity contribution in [1.29, 1.82) is 0 Å². The van der Waals surface area contributed by atoms with Gasteiger partial charge in [0.2, 0.25) is 0 Å². The number of carboxylic acids is 1. The van der Waals surface area contributed by atoms with E-state index >= 15 is 0 Å². The predicted octanol–water partition coefficient (Wildman–Crippen LogP) is 6.15. The van der Waals surface area contributed by atoms with Crippen molar-refractivity contribution in [3.63, 3.8) is 0 Å². The maximum atomic E-state index is 13.4. The fraction of sp³-hybridized carbons (Fsp3) is 0.323. The molecule has 0 bridgehead atoms. The maximum Gasteiger partial charge on any atom is 0.339 e. The zero-order valence-corrected chi connectivity index (χ0v) is 23.8. The quantitative estimate of drug-likeness (QED) is 0.102. The highest BCUT2D eigenvalue weighted by atomic mass is 32.2. The maximum absolute atomic E-state index is 13.4. The van der Waals surface area contributed by atoms with Gasteiger partial charge in [-0.05, 0) is 47.4 Å². The Balaban J connectivity index is 1.58. The Morgan fingerprint density at radius 2 is 1.73 bits per heavy atom. The van der Waals surface area contributed by atoms with Gasteiger partial charge in [-0.3, -0.25) is 4.79 Å². The largest absolute Gasteiger partial charge is 0.493 e. The average molecular weight is 577 g/mol. The van der Waals surface area contributed by atoms with Gasteiger partial charge in [-0.15, -0.1) is 0 Å². The third-order valence-corrected chi connectivity index (χ3v) is 7.51. The lowest BCUT2D eigenvalue weighted by Gasteiger charge is -2.16. The van der Waals surface area contributed by atoms with Crippen LogP contribution in [0.4, 0.5) is 4.39 Å². The molecule has 0 aliphatic rings. The first-order valence-corrected chi connectivity index (χ1v) is 14.6. The number of hydrogen-bond donors (Lipinski definition) is 1. The Labute approximate surface area is 242 Å². The molecule has 8 nitrogen and oxygen atoms in total. The summed E-state index contributed by atoms with van der Waals surface area (Å²) in [7, 11) is 0. The summed E-state index contributed by atoms with van der Waals surface area (Å²) in [6, 6.07) is 11.3. The molecule has 0 radical (unpaired) electrons. The molecule has 1 N–H and O–H groups in total. The number of ether oxygens (including phenoxy) is 1. The van der Waals surface area contributed by atoms with Crippen molar-refractivity contribution < 1.29 is 19.0 Å². The van der Waals surface area contributed by atoms with Crippen LogP contribution >= 0.6 is 11.8 Å². The van der Waals surface area contributed by atoms with Gasteiger partial charge >= 0.3 is 5.97 Å². The molecule has 4 aromatic rings. The SMILES string of the molecule is CCCCCCCOc1ccc(Cn2cc(Cc3cncnc3)c(=O)nc2SCc2ccc(F)cc2)cc1C(=O)O. The van der Waals surface area contributed by atoms with Gasteiger partial charge in [0, 0.05) is 42.9 Å². The molecule has 0 aliphatic carbocycles. The molecule has 4 rings (SSSR count). The molecular formula is C31H33FN4O4S. The van der Waals surface area contributed by atoms with Crippen LogP contribution in [0.1, 0.15) is 71.6 Å². The zero-order valence-electron chi connectivity index (χ0n) is 23.0.